The van der Waals surface area contributed by atoms with Crippen LogP contribution in [-0.2, 0) is 4.74 Å². The molecule has 21 heavy (non-hydrogen) atoms. The van der Waals surface area contributed by atoms with Crippen LogP contribution in [0, 0.1) is 22.0 Å². The maximum absolute atomic E-state index is 11.7. The van der Waals surface area contributed by atoms with E-state index in [1.807, 2.05) is 30.3 Å². The van der Waals surface area contributed by atoms with Crippen LogP contribution in [0.4, 0.5) is 5.69 Å². The zero-order chi connectivity index (χ0) is 15.1. The van der Waals surface area contributed by atoms with Crippen molar-refractivity contribution in [1.29, 1.82) is 0 Å². The smallest absolute Gasteiger partial charge is 0.339 e. The minimum absolute atomic E-state index is 0.0370. The largest absolute Gasteiger partial charge is 0.449 e. The summed E-state index contributed by atoms with van der Waals surface area (Å²) in [6.07, 6.45) is 0. The Bertz CT molecular complexity index is 697. The van der Waals surface area contributed by atoms with Crippen molar-refractivity contribution in [3.05, 3.63) is 75.8 Å². The SMILES string of the molecule is O=C(OCC#Cc1ccccc1)c1ccc([N+](=O)[O-])cc1. The van der Waals surface area contributed by atoms with Crippen LogP contribution < -0.4 is 0 Å². The Morgan fingerprint density at radius 2 is 1.76 bits per heavy atom. The van der Waals surface area contributed by atoms with Crippen LogP contribution in [0.2, 0.25) is 0 Å². The van der Waals surface area contributed by atoms with Gasteiger partial charge in [0.15, 0.2) is 6.61 Å². The monoisotopic (exact) mass is 281 g/mol. The molecule has 0 aliphatic heterocycles. The van der Waals surface area contributed by atoms with Crippen molar-refractivity contribution in [1.82, 2.24) is 0 Å². The van der Waals surface area contributed by atoms with Crippen molar-refractivity contribution < 1.29 is 14.5 Å². The summed E-state index contributed by atoms with van der Waals surface area (Å²) in [6, 6.07) is 14.5. The summed E-state index contributed by atoms with van der Waals surface area (Å²) in [6.45, 7) is -0.0370. The molecule has 0 aliphatic rings. The number of esters is 1. The van der Waals surface area contributed by atoms with E-state index in [0.717, 1.165) is 5.56 Å². The molecule has 0 saturated heterocycles. The number of hydrogen-bond acceptors (Lipinski definition) is 4. The number of non-ortho nitro benzene ring substituents is 1. The summed E-state index contributed by atoms with van der Waals surface area (Å²) in [5.41, 5.74) is 1.02. The maximum atomic E-state index is 11.7. The molecule has 0 unspecified atom stereocenters. The second kappa shape index (κ2) is 6.87. The van der Waals surface area contributed by atoms with Gasteiger partial charge in [-0.05, 0) is 24.3 Å². The highest BCUT2D eigenvalue weighted by Gasteiger charge is 2.09. The number of ether oxygens (including phenoxy) is 1. The highest BCUT2D eigenvalue weighted by molar-refractivity contribution is 5.89. The van der Waals surface area contributed by atoms with Crippen LogP contribution in [0.25, 0.3) is 0 Å². The first-order chi connectivity index (χ1) is 10.2. The third kappa shape index (κ3) is 4.18. The summed E-state index contributed by atoms with van der Waals surface area (Å²) in [4.78, 5) is 21.6. The maximum Gasteiger partial charge on any atom is 0.339 e. The molecule has 5 heteroatoms. The number of carbonyl (C=O) groups excluding carboxylic acids is 1. The van der Waals surface area contributed by atoms with Gasteiger partial charge in [0.05, 0.1) is 10.5 Å². The fourth-order valence-electron chi connectivity index (χ4n) is 1.56. The summed E-state index contributed by atoms with van der Waals surface area (Å²) >= 11 is 0. The molecule has 2 aromatic rings. The first-order valence-electron chi connectivity index (χ1n) is 6.12. The van der Waals surface area contributed by atoms with E-state index in [1.165, 1.54) is 24.3 Å². The molecule has 0 aliphatic carbocycles. The lowest BCUT2D eigenvalue weighted by molar-refractivity contribution is -0.384. The van der Waals surface area contributed by atoms with Crippen molar-refractivity contribution in [3.8, 4) is 11.8 Å². The molecule has 0 N–H and O–H groups in total. The second-order valence-electron chi connectivity index (χ2n) is 4.05. The van der Waals surface area contributed by atoms with Crippen LogP contribution in [0.5, 0.6) is 0 Å². The van der Waals surface area contributed by atoms with Gasteiger partial charge in [-0.1, -0.05) is 30.0 Å². The zero-order valence-electron chi connectivity index (χ0n) is 11.0. The number of rotatable bonds is 3. The summed E-state index contributed by atoms with van der Waals surface area (Å²) < 4.78 is 4.97. The van der Waals surface area contributed by atoms with Gasteiger partial charge >= 0.3 is 5.97 Å². The Labute approximate surface area is 121 Å². The normalized spacial score (nSPS) is 9.33. The number of nitro benzene ring substituents is 1. The van der Waals surface area contributed by atoms with E-state index < -0.39 is 10.9 Å². The first kappa shape index (κ1) is 14.3. The third-order valence-corrected chi connectivity index (χ3v) is 2.60. The fourth-order valence-corrected chi connectivity index (χ4v) is 1.56. The van der Waals surface area contributed by atoms with E-state index in [1.54, 1.807) is 0 Å². The molecule has 104 valence electrons. The fraction of sp³-hybridized carbons (Fsp3) is 0.0625. The highest BCUT2D eigenvalue weighted by atomic mass is 16.6. The zero-order valence-corrected chi connectivity index (χ0v) is 11.0. The van der Waals surface area contributed by atoms with Crippen molar-refractivity contribution in [3.63, 3.8) is 0 Å². The highest BCUT2D eigenvalue weighted by Crippen LogP contribution is 2.12. The van der Waals surface area contributed by atoms with Gasteiger partial charge in [-0.2, -0.15) is 0 Å². The van der Waals surface area contributed by atoms with Gasteiger partial charge in [0.2, 0.25) is 0 Å². The summed E-state index contributed by atoms with van der Waals surface area (Å²) in [5.74, 6) is 5.03. The molecule has 0 saturated carbocycles. The summed E-state index contributed by atoms with van der Waals surface area (Å²) in [5, 5.41) is 10.5. The van der Waals surface area contributed by atoms with Crippen molar-refractivity contribution in [2.24, 2.45) is 0 Å². The van der Waals surface area contributed by atoms with Crippen LogP contribution in [0.3, 0.4) is 0 Å². The first-order valence-corrected chi connectivity index (χ1v) is 6.12. The minimum atomic E-state index is -0.563. The number of nitro groups is 1. The van der Waals surface area contributed by atoms with E-state index in [-0.39, 0.29) is 17.9 Å². The van der Waals surface area contributed by atoms with Crippen molar-refractivity contribution in [2.45, 2.75) is 0 Å². The van der Waals surface area contributed by atoms with E-state index >= 15 is 0 Å². The number of hydrogen-bond donors (Lipinski definition) is 0. The van der Waals surface area contributed by atoms with Crippen LogP contribution in [0.1, 0.15) is 15.9 Å². The van der Waals surface area contributed by atoms with Gasteiger partial charge in [0.25, 0.3) is 5.69 Å². The Morgan fingerprint density at radius 3 is 2.38 bits per heavy atom. The average molecular weight is 281 g/mol. The van der Waals surface area contributed by atoms with E-state index in [0.29, 0.717) is 0 Å². The van der Waals surface area contributed by atoms with Gasteiger partial charge in [-0.25, -0.2) is 4.79 Å². The number of benzene rings is 2. The molecule has 5 nitrogen and oxygen atoms in total. The van der Waals surface area contributed by atoms with Crippen LogP contribution in [0.15, 0.2) is 54.6 Å². The molecule has 0 radical (unpaired) electrons. The predicted octanol–water partition coefficient (Wildman–Crippen LogP) is 2.80. The van der Waals surface area contributed by atoms with Gasteiger partial charge < -0.3 is 4.74 Å². The van der Waals surface area contributed by atoms with Crippen molar-refractivity contribution >= 4 is 11.7 Å². The molecule has 0 fully saturated rings. The number of carbonyl (C=O) groups is 1. The molecular formula is C16H11NO4. The molecule has 0 bridgehead atoms. The van der Waals surface area contributed by atoms with Crippen molar-refractivity contribution in [2.75, 3.05) is 6.61 Å². The van der Waals surface area contributed by atoms with Crippen LogP contribution >= 0.6 is 0 Å². The van der Waals surface area contributed by atoms with Gasteiger partial charge in [0, 0.05) is 17.7 Å². The Kier molecular flexibility index (Phi) is 4.67. The van der Waals surface area contributed by atoms with E-state index in [4.69, 9.17) is 4.74 Å². The molecule has 2 rings (SSSR count). The quantitative estimate of drug-likeness (QED) is 0.375. The van der Waals surface area contributed by atoms with E-state index in [9.17, 15) is 14.9 Å². The number of nitrogens with zero attached hydrogens (tertiary/aromatic N) is 1. The lowest BCUT2D eigenvalue weighted by Gasteiger charge is -2.00. The second-order valence-corrected chi connectivity index (χ2v) is 4.05. The Hall–Kier alpha value is -3.13. The van der Waals surface area contributed by atoms with Gasteiger partial charge in [-0.15, -0.1) is 0 Å². The molecule has 0 heterocycles. The topological polar surface area (TPSA) is 69.4 Å². The predicted molar refractivity (Wildman–Crippen MR) is 76.7 cm³/mol. The Morgan fingerprint density at radius 1 is 1.10 bits per heavy atom. The molecule has 0 aromatic heterocycles. The molecular weight excluding hydrogens is 270 g/mol. The summed E-state index contributed by atoms with van der Waals surface area (Å²) in [7, 11) is 0. The minimum Gasteiger partial charge on any atom is -0.449 e. The average Bonchev–Trinajstić information content (AvgIpc) is 2.52. The molecule has 2 aromatic carbocycles. The standard InChI is InChI=1S/C16H11NO4/c18-16(14-8-10-15(11-9-14)17(19)20)21-12-4-7-13-5-2-1-3-6-13/h1-3,5-6,8-11H,12H2. The van der Waals surface area contributed by atoms with Crippen LogP contribution in [-0.4, -0.2) is 17.5 Å². The van der Waals surface area contributed by atoms with Gasteiger partial charge in [0.1, 0.15) is 0 Å². The third-order valence-electron chi connectivity index (χ3n) is 2.60. The Balaban J connectivity index is 1.90. The lowest BCUT2D eigenvalue weighted by Crippen LogP contribution is -2.05. The molecule has 0 spiro atoms. The van der Waals surface area contributed by atoms with E-state index in [2.05, 4.69) is 11.8 Å². The molecule has 0 atom stereocenters. The van der Waals surface area contributed by atoms with Gasteiger partial charge in [-0.3, -0.25) is 10.1 Å². The lowest BCUT2D eigenvalue weighted by atomic mass is 10.2. The molecule has 0 amide bonds.